The summed E-state index contributed by atoms with van der Waals surface area (Å²) in [5.74, 6) is 0.367. The van der Waals surface area contributed by atoms with Gasteiger partial charge in [-0.25, -0.2) is 16.8 Å². The van der Waals surface area contributed by atoms with Gasteiger partial charge >= 0.3 is 0 Å². The van der Waals surface area contributed by atoms with E-state index in [4.69, 9.17) is 0 Å². The van der Waals surface area contributed by atoms with E-state index < -0.39 is 24.3 Å². The standard InChI is InChI=1S/C22H22O4S3/c1-18-12-14-19(15-13-18)27-17-16-22(28(23,24)20-8-4-2-5-9-20)29(25,26)21-10-6-3-7-11-21/h2-15,22H,16-17H2,1H3. The van der Waals surface area contributed by atoms with Gasteiger partial charge in [0, 0.05) is 10.6 Å². The summed E-state index contributed by atoms with van der Waals surface area (Å²) in [6.07, 6.45) is -0.00695. The van der Waals surface area contributed by atoms with Crippen LogP contribution in [0, 0.1) is 6.92 Å². The maximum Gasteiger partial charge on any atom is 0.195 e. The largest absolute Gasteiger partial charge is 0.222 e. The van der Waals surface area contributed by atoms with Crippen molar-refractivity contribution in [1.29, 1.82) is 0 Å². The van der Waals surface area contributed by atoms with Gasteiger partial charge in [-0.15, -0.1) is 11.8 Å². The Morgan fingerprint density at radius 3 is 1.59 bits per heavy atom. The highest BCUT2D eigenvalue weighted by atomic mass is 32.3. The second-order valence-corrected chi connectivity index (χ2v) is 12.3. The molecule has 3 aromatic carbocycles. The van der Waals surface area contributed by atoms with Crippen LogP contribution in [0.1, 0.15) is 12.0 Å². The summed E-state index contributed by atoms with van der Waals surface area (Å²) in [4.78, 5) is 1.01. The number of thioether (sulfide) groups is 1. The van der Waals surface area contributed by atoms with E-state index in [1.54, 1.807) is 36.4 Å². The fraction of sp³-hybridized carbons (Fsp3) is 0.182. The van der Waals surface area contributed by atoms with E-state index in [1.807, 2.05) is 31.2 Å². The zero-order valence-electron chi connectivity index (χ0n) is 15.9. The van der Waals surface area contributed by atoms with Gasteiger partial charge < -0.3 is 0 Å². The maximum atomic E-state index is 13.3. The van der Waals surface area contributed by atoms with Crippen molar-refractivity contribution in [2.45, 2.75) is 32.6 Å². The lowest BCUT2D eigenvalue weighted by atomic mass is 10.2. The van der Waals surface area contributed by atoms with E-state index in [2.05, 4.69) is 0 Å². The quantitative estimate of drug-likeness (QED) is 0.467. The second kappa shape index (κ2) is 9.15. The lowest BCUT2D eigenvalue weighted by Crippen LogP contribution is -2.31. The molecule has 0 N–H and O–H groups in total. The second-order valence-electron chi connectivity index (χ2n) is 6.60. The molecular formula is C22H22O4S3. The Hall–Kier alpha value is -2.09. The molecule has 3 aromatic rings. The molecule has 0 fully saturated rings. The number of hydrogen-bond acceptors (Lipinski definition) is 5. The van der Waals surface area contributed by atoms with Gasteiger partial charge in [0.15, 0.2) is 24.3 Å². The van der Waals surface area contributed by atoms with Crippen molar-refractivity contribution in [3.8, 4) is 0 Å². The third-order valence-corrected chi connectivity index (χ3v) is 10.8. The Kier molecular flexibility index (Phi) is 6.82. The van der Waals surface area contributed by atoms with Crippen molar-refractivity contribution in [2.24, 2.45) is 0 Å². The molecule has 0 saturated heterocycles. The van der Waals surface area contributed by atoms with Crippen molar-refractivity contribution in [2.75, 3.05) is 5.75 Å². The van der Waals surface area contributed by atoms with Crippen LogP contribution in [0.25, 0.3) is 0 Å². The molecule has 29 heavy (non-hydrogen) atoms. The van der Waals surface area contributed by atoms with Gasteiger partial charge in [-0.2, -0.15) is 0 Å². The normalized spacial score (nSPS) is 12.2. The van der Waals surface area contributed by atoms with Crippen LogP contribution in [-0.2, 0) is 19.7 Å². The van der Waals surface area contributed by atoms with Gasteiger partial charge in [0.25, 0.3) is 0 Å². The minimum atomic E-state index is -4.07. The predicted molar refractivity (Wildman–Crippen MR) is 118 cm³/mol. The highest BCUT2D eigenvalue weighted by Gasteiger charge is 2.39. The molecule has 152 valence electrons. The zero-order chi connectivity index (χ0) is 20.9. The zero-order valence-corrected chi connectivity index (χ0v) is 18.4. The van der Waals surface area contributed by atoms with Gasteiger partial charge in [0.2, 0.25) is 0 Å². The molecule has 0 saturated carbocycles. The van der Waals surface area contributed by atoms with Crippen LogP contribution in [0.15, 0.2) is 99.6 Å². The molecule has 0 aliphatic rings. The first-order chi connectivity index (χ1) is 13.8. The Labute approximate surface area is 176 Å². The van der Waals surface area contributed by atoms with Crippen molar-refractivity contribution in [1.82, 2.24) is 0 Å². The van der Waals surface area contributed by atoms with Crippen LogP contribution in [0.2, 0.25) is 0 Å². The van der Waals surface area contributed by atoms with E-state index in [9.17, 15) is 16.8 Å². The Balaban J connectivity index is 1.92. The van der Waals surface area contributed by atoms with Crippen molar-refractivity contribution < 1.29 is 16.8 Å². The number of aryl methyl sites for hydroxylation is 1. The number of rotatable bonds is 8. The predicted octanol–water partition coefficient (Wildman–Crippen LogP) is 4.75. The van der Waals surface area contributed by atoms with Gasteiger partial charge in [0.05, 0.1) is 9.79 Å². The topological polar surface area (TPSA) is 68.3 Å². The van der Waals surface area contributed by atoms with Gasteiger partial charge in [-0.05, 0) is 49.7 Å². The number of hydrogen-bond donors (Lipinski definition) is 0. The molecule has 3 rings (SSSR count). The average Bonchev–Trinajstić information content (AvgIpc) is 2.73. The fourth-order valence-corrected chi connectivity index (χ4v) is 8.66. The summed E-state index contributed by atoms with van der Waals surface area (Å²) < 4.78 is 51.5. The summed E-state index contributed by atoms with van der Waals surface area (Å²) in [7, 11) is -8.14. The smallest absolute Gasteiger partial charge is 0.195 e. The molecule has 0 radical (unpaired) electrons. The van der Waals surface area contributed by atoms with Gasteiger partial charge in [0.1, 0.15) is 0 Å². The van der Waals surface area contributed by atoms with E-state index >= 15 is 0 Å². The van der Waals surface area contributed by atoms with Gasteiger partial charge in [-0.3, -0.25) is 0 Å². The van der Waals surface area contributed by atoms with E-state index in [-0.39, 0.29) is 16.2 Å². The average molecular weight is 447 g/mol. The van der Waals surface area contributed by atoms with Crippen LogP contribution in [0.4, 0.5) is 0 Å². The van der Waals surface area contributed by atoms with Crippen molar-refractivity contribution in [3.05, 3.63) is 90.5 Å². The first-order valence-electron chi connectivity index (χ1n) is 9.09. The first kappa shape index (κ1) is 21.6. The maximum absolute atomic E-state index is 13.3. The SMILES string of the molecule is Cc1ccc(SCCC(S(=O)(=O)c2ccccc2)S(=O)(=O)c2ccccc2)cc1. The Morgan fingerprint density at radius 2 is 1.14 bits per heavy atom. The minimum Gasteiger partial charge on any atom is -0.222 e. The summed E-state index contributed by atoms with van der Waals surface area (Å²) >= 11 is 1.45. The lowest BCUT2D eigenvalue weighted by Gasteiger charge is -2.18. The summed E-state index contributed by atoms with van der Waals surface area (Å²) in [6.45, 7) is 1.99. The third kappa shape index (κ3) is 5.10. The molecule has 7 heteroatoms. The van der Waals surface area contributed by atoms with Gasteiger partial charge in [-0.1, -0.05) is 54.1 Å². The fourth-order valence-electron chi connectivity index (χ4n) is 2.91. The van der Waals surface area contributed by atoms with Crippen molar-refractivity contribution in [3.63, 3.8) is 0 Å². The van der Waals surface area contributed by atoms with Crippen LogP contribution in [0.3, 0.4) is 0 Å². The Bertz CT molecular complexity index is 1070. The molecule has 0 unspecified atom stereocenters. The summed E-state index contributed by atoms with van der Waals surface area (Å²) in [5.41, 5.74) is 1.13. The Morgan fingerprint density at radius 1 is 0.690 bits per heavy atom. The molecule has 0 aliphatic carbocycles. The molecule has 0 aromatic heterocycles. The molecule has 0 aliphatic heterocycles. The monoisotopic (exact) mass is 446 g/mol. The highest BCUT2D eigenvalue weighted by Crippen LogP contribution is 2.30. The number of benzene rings is 3. The molecule has 0 atom stereocenters. The first-order valence-corrected chi connectivity index (χ1v) is 13.2. The molecular weight excluding hydrogens is 424 g/mol. The van der Waals surface area contributed by atoms with Crippen LogP contribution < -0.4 is 0 Å². The van der Waals surface area contributed by atoms with Crippen LogP contribution >= 0.6 is 11.8 Å². The van der Waals surface area contributed by atoms with Crippen molar-refractivity contribution >= 4 is 31.4 Å². The lowest BCUT2D eigenvalue weighted by molar-refractivity contribution is 0.572. The molecule has 0 heterocycles. The molecule has 0 spiro atoms. The van der Waals surface area contributed by atoms with E-state index in [0.717, 1.165) is 10.5 Å². The molecule has 4 nitrogen and oxygen atoms in total. The number of sulfone groups is 2. The van der Waals surface area contributed by atoms with Crippen LogP contribution in [-0.4, -0.2) is 27.2 Å². The summed E-state index contributed by atoms with van der Waals surface area (Å²) in [5, 5.41) is 0. The third-order valence-electron chi connectivity index (χ3n) is 4.48. The van der Waals surface area contributed by atoms with E-state index in [1.165, 1.54) is 36.0 Å². The molecule has 0 amide bonds. The van der Waals surface area contributed by atoms with E-state index in [0.29, 0.717) is 5.75 Å². The molecule has 0 bridgehead atoms. The minimum absolute atomic E-state index is 0.00695. The summed E-state index contributed by atoms with van der Waals surface area (Å²) in [6, 6.07) is 23.4. The van der Waals surface area contributed by atoms with Crippen LogP contribution in [0.5, 0.6) is 0 Å². The highest BCUT2D eigenvalue weighted by molar-refractivity contribution is 8.09.